The van der Waals surface area contributed by atoms with E-state index in [9.17, 15) is 22.4 Å². The fourth-order valence-corrected chi connectivity index (χ4v) is 2.94. The summed E-state index contributed by atoms with van der Waals surface area (Å²) in [5, 5.41) is -0.0750. The second-order valence-electron chi connectivity index (χ2n) is 5.83. The second kappa shape index (κ2) is 8.73. The number of carbonyl (C=O) groups is 1. The lowest BCUT2D eigenvalue weighted by molar-refractivity contribution is -0.135. The van der Waals surface area contributed by atoms with E-state index in [0.717, 1.165) is 0 Å². The van der Waals surface area contributed by atoms with Crippen LogP contribution >= 0.6 is 11.6 Å². The number of alkyl halides is 3. The fraction of sp³-hybridized carbons (Fsp3) is 0.444. The first-order chi connectivity index (χ1) is 12.7. The van der Waals surface area contributed by atoms with Crippen molar-refractivity contribution in [2.24, 2.45) is 0 Å². The fourth-order valence-electron chi connectivity index (χ4n) is 2.64. The molecule has 0 radical (unpaired) electrons. The molecule has 27 heavy (non-hydrogen) atoms. The van der Waals surface area contributed by atoms with Gasteiger partial charge in [-0.05, 0) is 37.5 Å². The molecule has 0 bridgehead atoms. The number of esters is 1. The highest BCUT2D eigenvalue weighted by Crippen LogP contribution is 2.28. The molecule has 0 aliphatic carbocycles. The highest BCUT2D eigenvalue weighted by Gasteiger charge is 2.26. The van der Waals surface area contributed by atoms with Crippen LogP contribution in [0.25, 0.3) is 5.69 Å². The Bertz CT molecular complexity index is 818. The van der Waals surface area contributed by atoms with Crippen molar-refractivity contribution in [1.29, 1.82) is 0 Å². The number of imidazole rings is 1. The molecule has 0 saturated heterocycles. The molecule has 9 heteroatoms. The van der Waals surface area contributed by atoms with Crippen molar-refractivity contribution in [3.63, 3.8) is 0 Å². The molecule has 0 unspecified atom stereocenters. The Balaban J connectivity index is 2.31. The summed E-state index contributed by atoms with van der Waals surface area (Å²) >= 11 is 6.23. The first kappa shape index (κ1) is 21.2. The summed E-state index contributed by atoms with van der Waals surface area (Å²) in [6, 6.07) is 4.13. The number of ether oxygens (including phenoxy) is 1. The van der Waals surface area contributed by atoms with Crippen molar-refractivity contribution < 1.29 is 27.1 Å². The maximum atomic E-state index is 14.6. The second-order valence-corrected chi connectivity index (χ2v) is 6.19. The minimum Gasteiger partial charge on any atom is -0.461 e. The number of halogens is 5. The van der Waals surface area contributed by atoms with Crippen LogP contribution in [0.5, 0.6) is 0 Å². The topological polar surface area (TPSA) is 44.1 Å². The summed E-state index contributed by atoms with van der Waals surface area (Å²) < 4.78 is 57.5. The summed E-state index contributed by atoms with van der Waals surface area (Å²) in [6.45, 7) is 3.55. The lowest BCUT2D eigenvalue weighted by Gasteiger charge is -2.11. The van der Waals surface area contributed by atoms with Crippen molar-refractivity contribution in [1.82, 2.24) is 9.55 Å². The molecule has 0 saturated carbocycles. The molecule has 1 heterocycles. The van der Waals surface area contributed by atoms with Gasteiger partial charge in [0.1, 0.15) is 16.8 Å². The van der Waals surface area contributed by atoms with Gasteiger partial charge in [-0.2, -0.15) is 13.2 Å². The number of hydrogen-bond acceptors (Lipinski definition) is 3. The molecule has 148 valence electrons. The number of rotatable bonds is 7. The SMILES string of the molecule is CCOC(=O)c1nc(CC)n(-c2ccc(CCCC(F)(F)F)cc2F)c1Cl. The molecule has 1 aromatic heterocycles. The Morgan fingerprint density at radius 3 is 2.56 bits per heavy atom. The molecule has 0 aliphatic heterocycles. The van der Waals surface area contributed by atoms with Gasteiger partial charge >= 0.3 is 12.1 Å². The summed E-state index contributed by atoms with van der Waals surface area (Å²) in [6.07, 6.45) is -4.80. The van der Waals surface area contributed by atoms with Crippen molar-refractivity contribution in [2.75, 3.05) is 6.61 Å². The van der Waals surface area contributed by atoms with Gasteiger partial charge in [-0.3, -0.25) is 4.57 Å². The van der Waals surface area contributed by atoms with Crippen molar-refractivity contribution in [2.45, 2.75) is 45.7 Å². The van der Waals surface area contributed by atoms with Crippen LogP contribution in [0.1, 0.15) is 48.6 Å². The zero-order chi connectivity index (χ0) is 20.2. The number of nitrogens with zero attached hydrogens (tertiary/aromatic N) is 2. The molecular formula is C18H19ClF4N2O2. The quantitative estimate of drug-likeness (QED) is 0.463. The minimum absolute atomic E-state index is 0.0690. The summed E-state index contributed by atoms with van der Waals surface area (Å²) in [7, 11) is 0. The summed E-state index contributed by atoms with van der Waals surface area (Å²) in [5.74, 6) is -1.00. The summed E-state index contributed by atoms with van der Waals surface area (Å²) in [4.78, 5) is 16.1. The zero-order valence-electron chi connectivity index (χ0n) is 14.9. The lowest BCUT2D eigenvalue weighted by atomic mass is 10.1. The van der Waals surface area contributed by atoms with Crippen LogP contribution in [-0.2, 0) is 17.6 Å². The molecule has 0 fully saturated rings. The normalized spacial score (nSPS) is 11.7. The highest BCUT2D eigenvalue weighted by atomic mass is 35.5. The molecule has 0 spiro atoms. The van der Waals surface area contributed by atoms with Gasteiger partial charge in [0.15, 0.2) is 5.69 Å². The third kappa shape index (κ3) is 5.22. The predicted molar refractivity (Wildman–Crippen MR) is 92.9 cm³/mol. The number of carbonyl (C=O) groups excluding carboxylic acids is 1. The Morgan fingerprint density at radius 1 is 1.30 bits per heavy atom. The van der Waals surface area contributed by atoms with E-state index in [2.05, 4.69) is 4.98 Å². The molecule has 2 rings (SSSR count). The standard InChI is InChI=1S/C18H19ClF4N2O2/c1-3-14-24-15(17(26)27-4-2)16(19)25(14)13-8-7-11(10-12(13)20)6-5-9-18(21,22)23/h7-8,10H,3-6,9H2,1-2H3. The number of hydrogen-bond donors (Lipinski definition) is 0. The van der Waals surface area contributed by atoms with Crippen molar-refractivity contribution >= 4 is 17.6 Å². The molecular weight excluding hydrogens is 388 g/mol. The van der Waals surface area contributed by atoms with Gasteiger partial charge in [0, 0.05) is 12.8 Å². The van der Waals surface area contributed by atoms with Crippen LogP contribution in [0.15, 0.2) is 18.2 Å². The van der Waals surface area contributed by atoms with Gasteiger partial charge in [-0.1, -0.05) is 24.6 Å². The number of aromatic nitrogens is 2. The Morgan fingerprint density at radius 2 is 2.00 bits per heavy atom. The Labute approximate surface area is 159 Å². The molecule has 1 aromatic carbocycles. The van der Waals surface area contributed by atoms with E-state index >= 15 is 0 Å². The third-order valence-electron chi connectivity index (χ3n) is 3.85. The van der Waals surface area contributed by atoms with E-state index in [1.165, 1.54) is 22.8 Å². The molecule has 4 nitrogen and oxygen atoms in total. The van der Waals surface area contributed by atoms with Crippen LogP contribution in [0.3, 0.4) is 0 Å². The van der Waals surface area contributed by atoms with Gasteiger partial charge in [0.2, 0.25) is 0 Å². The van der Waals surface area contributed by atoms with Crippen LogP contribution in [0.4, 0.5) is 17.6 Å². The summed E-state index contributed by atoms with van der Waals surface area (Å²) in [5.41, 5.74) is 0.406. The van der Waals surface area contributed by atoms with Crippen molar-refractivity contribution in [3.05, 3.63) is 46.3 Å². The molecule has 0 amide bonds. The number of aryl methyl sites for hydroxylation is 2. The number of benzene rings is 1. The lowest BCUT2D eigenvalue weighted by Crippen LogP contribution is -2.08. The molecule has 0 N–H and O–H groups in total. The van der Waals surface area contributed by atoms with Crippen molar-refractivity contribution in [3.8, 4) is 5.69 Å². The van der Waals surface area contributed by atoms with E-state index in [1.807, 2.05) is 0 Å². The van der Waals surface area contributed by atoms with Crippen LogP contribution in [-0.4, -0.2) is 28.3 Å². The van der Waals surface area contributed by atoms with Gasteiger partial charge in [0.05, 0.1) is 12.3 Å². The van der Waals surface area contributed by atoms with Gasteiger partial charge in [0.25, 0.3) is 0 Å². The maximum Gasteiger partial charge on any atom is 0.389 e. The minimum atomic E-state index is -4.23. The highest BCUT2D eigenvalue weighted by molar-refractivity contribution is 6.32. The average Bonchev–Trinajstić information content (AvgIpc) is 2.91. The first-order valence-corrected chi connectivity index (χ1v) is 8.85. The Kier molecular flexibility index (Phi) is 6.86. The zero-order valence-corrected chi connectivity index (χ0v) is 15.6. The average molecular weight is 407 g/mol. The van der Waals surface area contributed by atoms with E-state index in [0.29, 0.717) is 17.8 Å². The largest absolute Gasteiger partial charge is 0.461 e. The van der Waals surface area contributed by atoms with Gasteiger partial charge in [-0.25, -0.2) is 14.2 Å². The van der Waals surface area contributed by atoms with Crippen LogP contribution < -0.4 is 0 Å². The van der Waals surface area contributed by atoms with E-state index in [1.54, 1.807) is 13.8 Å². The smallest absolute Gasteiger partial charge is 0.389 e. The van der Waals surface area contributed by atoms with E-state index in [-0.39, 0.29) is 36.0 Å². The maximum absolute atomic E-state index is 14.6. The van der Waals surface area contributed by atoms with Gasteiger partial charge in [-0.15, -0.1) is 0 Å². The van der Waals surface area contributed by atoms with E-state index in [4.69, 9.17) is 16.3 Å². The molecule has 0 aliphatic rings. The van der Waals surface area contributed by atoms with Gasteiger partial charge < -0.3 is 4.74 Å². The molecule has 2 aromatic rings. The monoisotopic (exact) mass is 406 g/mol. The first-order valence-electron chi connectivity index (χ1n) is 8.47. The molecule has 0 atom stereocenters. The predicted octanol–water partition coefficient (Wildman–Crippen LogP) is 5.29. The van der Waals surface area contributed by atoms with Crippen LogP contribution in [0.2, 0.25) is 5.15 Å². The third-order valence-corrected chi connectivity index (χ3v) is 4.20. The van der Waals surface area contributed by atoms with E-state index < -0.39 is 24.4 Å². The van der Waals surface area contributed by atoms with Crippen LogP contribution in [0, 0.1) is 5.82 Å². The Hall–Kier alpha value is -2.09.